The zero-order chi connectivity index (χ0) is 24.9. The van der Waals surface area contributed by atoms with Crippen LogP contribution in [0.4, 0.5) is 5.69 Å². The molecule has 3 aromatic rings. The van der Waals surface area contributed by atoms with E-state index in [9.17, 15) is 14.9 Å². The minimum atomic E-state index is -0.541. The molecule has 0 saturated carbocycles. The lowest BCUT2D eigenvalue weighted by Gasteiger charge is -2.20. The van der Waals surface area contributed by atoms with Crippen LogP contribution in [-0.4, -0.2) is 17.1 Å². The van der Waals surface area contributed by atoms with Crippen molar-refractivity contribution in [2.24, 2.45) is 0 Å². The molecule has 1 N–H and O–H groups in total. The molecule has 2 amide bonds. The first-order valence-electron chi connectivity index (χ1n) is 11.5. The van der Waals surface area contributed by atoms with Crippen LogP contribution in [-0.2, 0) is 29.0 Å². The average Bonchev–Trinajstić information content (AvgIpc) is 3.49. The van der Waals surface area contributed by atoms with Gasteiger partial charge in [-0.1, -0.05) is 49.0 Å². The van der Waals surface area contributed by atoms with Crippen molar-refractivity contribution < 1.29 is 14.0 Å². The average molecular weight is 486 g/mol. The molecule has 1 aromatic heterocycles. The second-order valence-electron chi connectivity index (χ2n) is 8.48. The molecule has 4 rings (SSSR count). The number of nitriles is 1. The summed E-state index contributed by atoms with van der Waals surface area (Å²) in [6.45, 7) is 6.23. The Balaban J connectivity index is 1.68. The summed E-state index contributed by atoms with van der Waals surface area (Å²) in [4.78, 5) is 28.2. The summed E-state index contributed by atoms with van der Waals surface area (Å²) >= 11 is 1.27. The van der Waals surface area contributed by atoms with Crippen molar-refractivity contribution in [1.29, 1.82) is 5.26 Å². The van der Waals surface area contributed by atoms with Gasteiger partial charge in [-0.15, -0.1) is 0 Å². The maximum absolute atomic E-state index is 13.6. The third kappa shape index (κ3) is 5.33. The van der Waals surface area contributed by atoms with Crippen LogP contribution in [0.15, 0.2) is 75.9 Å². The van der Waals surface area contributed by atoms with Crippen LogP contribution in [0.2, 0.25) is 0 Å². The van der Waals surface area contributed by atoms with E-state index in [2.05, 4.69) is 24.4 Å². The lowest BCUT2D eigenvalue weighted by atomic mass is 10.0. The highest BCUT2D eigenvalue weighted by atomic mass is 32.2. The van der Waals surface area contributed by atoms with E-state index in [-0.39, 0.29) is 18.0 Å². The van der Waals surface area contributed by atoms with Crippen molar-refractivity contribution in [2.45, 2.75) is 45.4 Å². The first kappa shape index (κ1) is 24.4. The molecule has 0 bridgehead atoms. The maximum Gasteiger partial charge on any atom is 0.265 e. The van der Waals surface area contributed by atoms with Crippen molar-refractivity contribution in [1.82, 2.24) is 5.32 Å². The number of furan rings is 1. The first-order valence-corrected chi connectivity index (χ1v) is 12.4. The van der Waals surface area contributed by atoms with Gasteiger partial charge < -0.3 is 9.73 Å². The second-order valence-corrected chi connectivity index (χ2v) is 9.67. The fourth-order valence-electron chi connectivity index (χ4n) is 3.88. The van der Waals surface area contributed by atoms with Gasteiger partial charge in [0.1, 0.15) is 22.4 Å². The van der Waals surface area contributed by atoms with Crippen LogP contribution in [0.25, 0.3) is 0 Å². The van der Waals surface area contributed by atoms with Crippen molar-refractivity contribution in [3.63, 3.8) is 0 Å². The van der Waals surface area contributed by atoms with Gasteiger partial charge in [-0.2, -0.15) is 5.26 Å². The lowest BCUT2D eigenvalue weighted by Crippen LogP contribution is -2.32. The highest BCUT2D eigenvalue weighted by molar-refractivity contribution is 8.05. The summed E-state index contributed by atoms with van der Waals surface area (Å²) in [6.07, 6.45) is 2.98. The van der Waals surface area contributed by atoms with Gasteiger partial charge in [0.05, 0.1) is 18.1 Å². The van der Waals surface area contributed by atoms with Crippen LogP contribution in [0.5, 0.6) is 0 Å². The molecule has 178 valence electrons. The smallest absolute Gasteiger partial charge is 0.265 e. The normalized spacial score (nSPS) is 16.8. The van der Waals surface area contributed by atoms with E-state index in [0.717, 1.165) is 23.1 Å². The summed E-state index contributed by atoms with van der Waals surface area (Å²) in [7, 11) is 0. The minimum Gasteiger partial charge on any atom is -0.467 e. The Kier molecular flexibility index (Phi) is 7.42. The maximum atomic E-state index is 13.6. The van der Waals surface area contributed by atoms with Crippen molar-refractivity contribution >= 4 is 29.3 Å². The number of benzene rings is 2. The zero-order valence-electron chi connectivity index (χ0n) is 20.0. The van der Waals surface area contributed by atoms with E-state index in [1.54, 1.807) is 12.1 Å². The summed E-state index contributed by atoms with van der Waals surface area (Å²) < 4.78 is 5.27. The van der Waals surface area contributed by atoms with Crippen LogP contribution >= 0.6 is 11.8 Å². The summed E-state index contributed by atoms with van der Waals surface area (Å²) in [5, 5.41) is 12.6. The third-order valence-electron chi connectivity index (χ3n) is 6.11. The Morgan fingerprint density at radius 3 is 2.49 bits per heavy atom. The number of carbonyl (C=O) groups excluding carboxylic acids is 2. The fourth-order valence-corrected chi connectivity index (χ4v) is 5.19. The molecule has 7 heteroatoms. The van der Waals surface area contributed by atoms with Gasteiger partial charge >= 0.3 is 0 Å². The number of hydrogen-bond acceptors (Lipinski definition) is 5. The first-order chi connectivity index (χ1) is 16.9. The third-order valence-corrected chi connectivity index (χ3v) is 7.37. The van der Waals surface area contributed by atoms with Crippen molar-refractivity contribution in [3.05, 3.63) is 99.5 Å². The quantitative estimate of drug-likeness (QED) is 0.367. The zero-order valence-corrected chi connectivity index (χ0v) is 20.8. The number of carbonyl (C=O) groups is 2. The molecule has 1 fully saturated rings. The van der Waals surface area contributed by atoms with Crippen molar-refractivity contribution in [3.8, 4) is 6.07 Å². The topological polar surface area (TPSA) is 86.3 Å². The monoisotopic (exact) mass is 485 g/mol. The molecule has 1 saturated heterocycles. The Labute approximate surface area is 209 Å². The van der Waals surface area contributed by atoms with E-state index in [1.165, 1.54) is 28.5 Å². The van der Waals surface area contributed by atoms with Gasteiger partial charge in [0.15, 0.2) is 0 Å². The van der Waals surface area contributed by atoms with Gasteiger partial charge in [-0.25, -0.2) is 0 Å². The Bertz CT molecular complexity index is 1300. The molecule has 2 heterocycles. The molecule has 1 aliphatic heterocycles. The number of anilines is 1. The van der Waals surface area contributed by atoms with Crippen LogP contribution < -0.4 is 10.2 Å². The van der Waals surface area contributed by atoms with Gasteiger partial charge in [0.25, 0.3) is 5.91 Å². The van der Waals surface area contributed by atoms with E-state index in [4.69, 9.17) is 4.42 Å². The molecular formula is C28H27N3O3S. The number of nitrogens with one attached hydrogen (secondary N) is 1. The molecule has 1 aliphatic rings. The Morgan fingerprint density at radius 2 is 1.86 bits per heavy atom. The largest absolute Gasteiger partial charge is 0.467 e. The summed E-state index contributed by atoms with van der Waals surface area (Å²) in [6, 6.07) is 19.5. The minimum absolute atomic E-state index is 0.0861. The van der Waals surface area contributed by atoms with E-state index in [0.29, 0.717) is 22.9 Å². The Hall–Kier alpha value is -3.76. The number of thioether (sulfide) groups is 1. The molecule has 1 atom stereocenters. The van der Waals surface area contributed by atoms with Crippen LogP contribution in [0.3, 0.4) is 0 Å². The summed E-state index contributed by atoms with van der Waals surface area (Å²) in [5.74, 6) is -0.101. The second kappa shape index (κ2) is 10.7. The predicted octanol–water partition coefficient (Wildman–Crippen LogP) is 5.20. The predicted molar refractivity (Wildman–Crippen MR) is 137 cm³/mol. The number of rotatable bonds is 7. The van der Waals surface area contributed by atoms with E-state index < -0.39 is 11.2 Å². The number of amides is 2. The standard InChI is InChI=1S/C28H27N3O3S/c1-4-20-8-10-21(11-9-20)15-25-27(33)31(22-12-7-18(2)19(3)14-22)28(35-25)24(16-29)26(32)30-17-23-6-5-13-34-23/h5-14,25H,4,15,17H2,1-3H3,(H,30,32)/b28-24-. The van der Waals surface area contributed by atoms with Crippen molar-refractivity contribution in [2.75, 3.05) is 4.90 Å². The molecule has 0 radical (unpaired) electrons. The van der Waals surface area contributed by atoms with Gasteiger partial charge in [-0.05, 0) is 73.2 Å². The molecule has 0 aliphatic carbocycles. The Morgan fingerprint density at radius 1 is 1.11 bits per heavy atom. The molecule has 0 spiro atoms. The van der Waals surface area contributed by atoms with Gasteiger partial charge in [0, 0.05) is 5.69 Å². The fraction of sp³-hybridized carbons (Fsp3) is 0.250. The molecule has 1 unspecified atom stereocenters. The number of nitrogens with zero attached hydrogens (tertiary/aromatic N) is 2. The van der Waals surface area contributed by atoms with Crippen LogP contribution in [0, 0.1) is 25.2 Å². The highest BCUT2D eigenvalue weighted by Gasteiger charge is 2.40. The molecule has 6 nitrogen and oxygen atoms in total. The van der Waals surface area contributed by atoms with Gasteiger partial charge in [0.2, 0.25) is 5.91 Å². The molecule has 2 aromatic carbocycles. The lowest BCUT2D eigenvalue weighted by molar-refractivity contribution is -0.117. The van der Waals surface area contributed by atoms with E-state index >= 15 is 0 Å². The number of aryl methyl sites for hydroxylation is 3. The van der Waals surface area contributed by atoms with E-state index in [1.807, 2.05) is 50.2 Å². The number of hydrogen-bond donors (Lipinski definition) is 1. The summed E-state index contributed by atoms with van der Waals surface area (Å²) in [5.41, 5.74) is 4.96. The van der Waals surface area contributed by atoms with Gasteiger partial charge in [-0.3, -0.25) is 14.5 Å². The SMILES string of the molecule is CCc1ccc(CC2S/C(=C(/C#N)C(=O)NCc3ccco3)N(c3ccc(C)c(C)c3)C2=O)cc1. The highest BCUT2D eigenvalue weighted by Crippen LogP contribution is 2.42. The van der Waals surface area contributed by atoms with Crippen LogP contribution in [0.1, 0.15) is 34.9 Å². The molecular weight excluding hydrogens is 458 g/mol. The molecule has 35 heavy (non-hydrogen) atoms.